The van der Waals surface area contributed by atoms with E-state index in [2.05, 4.69) is 4.90 Å². The molecule has 1 aliphatic heterocycles. The largest absolute Gasteiger partial charge is 0.331 e. The van der Waals surface area contributed by atoms with E-state index in [1.54, 1.807) is 0 Å². The van der Waals surface area contributed by atoms with Crippen LogP contribution < -0.4 is 5.73 Å². The Morgan fingerprint density at radius 3 is 2.43 bits per heavy atom. The summed E-state index contributed by atoms with van der Waals surface area (Å²) in [7, 11) is 0. The predicted octanol–water partition coefficient (Wildman–Crippen LogP) is 1.02. The van der Waals surface area contributed by atoms with E-state index in [1.807, 2.05) is 0 Å². The fraction of sp³-hybridized carbons (Fsp3) is 0.909. The average molecular weight is 194 g/mol. The highest BCUT2D eigenvalue weighted by Gasteiger charge is 2.61. The summed E-state index contributed by atoms with van der Waals surface area (Å²) in [6.45, 7) is 0. The number of carbonyl (C=O) groups is 1. The molecule has 0 aromatic carbocycles. The fourth-order valence-corrected chi connectivity index (χ4v) is 3.28. The van der Waals surface area contributed by atoms with Gasteiger partial charge in [0, 0.05) is 6.04 Å². The molecule has 1 amide bonds. The number of likely N-dealkylation sites (tertiary alicyclic amines) is 1. The molecular weight excluding hydrogens is 176 g/mol. The quantitative estimate of drug-likeness (QED) is 0.633. The molecule has 14 heavy (non-hydrogen) atoms. The lowest BCUT2D eigenvalue weighted by atomic mass is 9.69. The van der Waals surface area contributed by atoms with Gasteiger partial charge in [0.1, 0.15) is 6.04 Å². The van der Waals surface area contributed by atoms with Gasteiger partial charge in [0.15, 0.2) is 0 Å². The summed E-state index contributed by atoms with van der Waals surface area (Å²) in [5.74, 6) is 0.217. The van der Waals surface area contributed by atoms with Crippen LogP contribution in [0.25, 0.3) is 0 Å². The number of nitrogens with zero attached hydrogens (tertiary/aromatic N) is 1. The number of nitrogens with two attached hydrogens (primary N) is 1. The van der Waals surface area contributed by atoms with Crippen LogP contribution in [0.15, 0.2) is 0 Å². The van der Waals surface area contributed by atoms with Crippen molar-refractivity contribution >= 4 is 5.91 Å². The maximum absolute atomic E-state index is 11.7. The first kappa shape index (κ1) is 8.72. The van der Waals surface area contributed by atoms with E-state index in [-0.39, 0.29) is 17.5 Å². The SMILES string of the molecule is N[C@H]1C(=O)N(C2CC2)C12CCCCC2. The van der Waals surface area contributed by atoms with Crippen molar-refractivity contribution < 1.29 is 4.79 Å². The van der Waals surface area contributed by atoms with Crippen LogP contribution >= 0.6 is 0 Å². The lowest BCUT2D eigenvalue weighted by Crippen LogP contribution is -2.78. The second-order valence-corrected chi connectivity index (χ2v) is 5.08. The first-order valence-corrected chi connectivity index (χ1v) is 5.84. The molecule has 1 atom stereocenters. The molecule has 1 heterocycles. The third kappa shape index (κ3) is 0.937. The number of hydrogen-bond acceptors (Lipinski definition) is 2. The topological polar surface area (TPSA) is 46.3 Å². The molecule has 0 aromatic rings. The van der Waals surface area contributed by atoms with Gasteiger partial charge in [-0.15, -0.1) is 0 Å². The Kier molecular flexibility index (Phi) is 1.69. The average Bonchev–Trinajstić information content (AvgIpc) is 3.03. The molecule has 78 valence electrons. The second kappa shape index (κ2) is 2.72. The van der Waals surface area contributed by atoms with Gasteiger partial charge in [-0.2, -0.15) is 0 Å². The molecule has 3 heteroatoms. The lowest BCUT2D eigenvalue weighted by molar-refractivity contribution is -0.166. The highest BCUT2D eigenvalue weighted by molar-refractivity contribution is 5.91. The highest BCUT2D eigenvalue weighted by Crippen LogP contribution is 2.48. The van der Waals surface area contributed by atoms with Crippen LogP contribution in [-0.4, -0.2) is 28.4 Å². The summed E-state index contributed by atoms with van der Waals surface area (Å²) in [6.07, 6.45) is 8.54. The van der Waals surface area contributed by atoms with E-state index in [0.29, 0.717) is 6.04 Å². The summed E-state index contributed by atoms with van der Waals surface area (Å²) in [5, 5.41) is 0. The molecule has 2 aliphatic carbocycles. The second-order valence-electron chi connectivity index (χ2n) is 5.08. The van der Waals surface area contributed by atoms with E-state index in [0.717, 1.165) is 12.8 Å². The van der Waals surface area contributed by atoms with Crippen molar-refractivity contribution in [1.29, 1.82) is 0 Å². The molecule has 0 bridgehead atoms. The minimum Gasteiger partial charge on any atom is -0.331 e. The summed E-state index contributed by atoms with van der Waals surface area (Å²) < 4.78 is 0. The van der Waals surface area contributed by atoms with Crippen LogP contribution in [0, 0.1) is 0 Å². The van der Waals surface area contributed by atoms with Crippen LogP contribution in [-0.2, 0) is 4.79 Å². The van der Waals surface area contributed by atoms with Crippen LogP contribution in [0.1, 0.15) is 44.9 Å². The number of hydrogen-bond donors (Lipinski definition) is 1. The minimum atomic E-state index is -0.177. The fourth-order valence-electron chi connectivity index (χ4n) is 3.28. The number of carbonyl (C=O) groups excluding carboxylic acids is 1. The van der Waals surface area contributed by atoms with E-state index in [9.17, 15) is 4.79 Å². The first-order valence-electron chi connectivity index (χ1n) is 5.84. The first-order chi connectivity index (χ1) is 6.76. The monoisotopic (exact) mass is 194 g/mol. The van der Waals surface area contributed by atoms with Gasteiger partial charge >= 0.3 is 0 Å². The number of rotatable bonds is 1. The van der Waals surface area contributed by atoms with Gasteiger partial charge in [-0.3, -0.25) is 4.79 Å². The zero-order chi connectivity index (χ0) is 9.76. The smallest absolute Gasteiger partial charge is 0.242 e. The Bertz CT molecular complexity index is 266. The minimum absolute atomic E-state index is 0.0938. The number of amides is 1. The van der Waals surface area contributed by atoms with Gasteiger partial charge in [-0.1, -0.05) is 19.3 Å². The van der Waals surface area contributed by atoms with Gasteiger partial charge < -0.3 is 10.6 Å². The van der Waals surface area contributed by atoms with Crippen LogP contribution in [0.4, 0.5) is 0 Å². The Balaban J connectivity index is 1.84. The van der Waals surface area contributed by atoms with Crippen LogP contribution in [0.2, 0.25) is 0 Å². The van der Waals surface area contributed by atoms with Crippen molar-refractivity contribution in [3.63, 3.8) is 0 Å². The molecule has 0 radical (unpaired) electrons. The molecule has 1 spiro atoms. The van der Waals surface area contributed by atoms with Crippen molar-refractivity contribution in [2.75, 3.05) is 0 Å². The van der Waals surface area contributed by atoms with Crippen LogP contribution in [0.5, 0.6) is 0 Å². The lowest BCUT2D eigenvalue weighted by Gasteiger charge is -2.58. The Labute approximate surface area is 84.6 Å². The van der Waals surface area contributed by atoms with E-state index in [1.165, 1.54) is 32.1 Å². The summed E-state index contributed by atoms with van der Waals surface area (Å²) in [6, 6.07) is 0.379. The van der Waals surface area contributed by atoms with Gasteiger partial charge in [0.2, 0.25) is 5.91 Å². The van der Waals surface area contributed by atoms with Crippen molar-refractivity contribution in [2.24, 2.45) is 5.73 Å². The van der Waals surface area contributed by atoms with Crippen molar-refractivity contribution in [2.45, 2.75) is 62.6 Å². The van der Waals surface area contributed by atoms with Gasteiger partial charge in [0.25, 0.3) is 0 Å². The third-order valence-corrected chi connectivity index (χ3v) is 4.19. The maximum Gasteiger partial charge on any atom is 0.242 e. The van der Waals surface area contributed by atoms with Gasteiger partial charge in [-0.25, -0.2) is 0 Å². The van der Waals surface area contributed by atoms with Crippen molar-refractivity contribution in [3.05, 3.63) is 0 Å². The standard InChI is InChI=1S/C11H18N2O/c12-9-10(14)13(8-4-5-8)11(9)6-2-1-3-7-11/h8-9H,1-7,12H2/t9-/m0/s1. The summed E-state index contributed by atoms with van der Waals surface area (Å²) in [5.41, 5.74) is 6.09. The zero-order valence-electron chi connectivity index (χ0n) is 8.54. The van der Waals surface area contributed by atoms with Crippen molar-refractivity contribution in [3.8, 4) is 0 Å². The maximum atomic E-state index is 11.7. The van der Waals surface area contributed by atoms with E-state index >= 15 is 0 Å². The zero-order valence-corrected chi connectivity index (χ0v) is 8.54. The molecule has 0 aromatic heterocycles. The third-order valence-electron chi connectivity index (χ3n) is 4.19. The summed E-state index contributed by atoms with van der Waals surface area (Å²) >= 11 is 0. The predicted molar refractivity (Wildman–Crippen MR) is 53.7 cm³/mol. The molecule has 0 unspecified atom stereocenters. The Morgan fingerprint density at radius 2 is 1.86 bits per heavy atom. The van der Waals surface area contributed by atoms with E-state index in [4.69, 9.17) is 5.73 Å². The molecule has 3 fully saturated rings. The van der Waals surface area contributed by atoms with Crippen LogP contribution in [0.3, 0.4) is 0 Å². The van der Waals surface area contributed by atoms with Gasteiger partial charge in [0.05, 0.1) is 5.54 Å². The number of β-lactam (4-membered cyclic amide) rings is 1. The summed E-state index contributed by atoms with van der Waals surface area (Å²) in [4.78, 5) is 13.9. The molecule has 3 rings (SSSR count). The molecular formula is C11H18N2O. The molecule has 2 saturated carbocycles. The Morgan fingerprint density at radius 1 is 1.21 bits per heavy atom. The van der Waals surface area contributed by atoms with E-state index < -0.39 is 0 Å². The normalized spacial score (nSPS) is 35.9. The van der Waals surface area contributed by atoms with Gasteiger partial charge in [-0.05, 0) is 25.7 Å². The molecule has 3 aliphatic rings. The molecule has 1 saturated heterocycles. The Hall–Kier alpha value is -0.570. The van der Waals surface area contributed by atoms with Crippen molar-refractivity contribution in [1.82, 2.24) is 4.90 Å². The molecule has 2 N–H and O–H groups in total. The molecule has 3 nitrogen and oxygen atoms in total. The highest BCUT2D eigenvalue weighted by atomic mass is 16.2.